The number of methoxy groups -OCH3 is 1. The zero-order valence-electron chi connectivity index (χ0n) is 17.5. The van der Waals surface area contributed by atoms with Gasteiger partial charge in [0.2, 0.25) is 0 Å². The fourth-order valence-corrected chi connectivity index (χ4v) is 2.65. The van der Waals surface area contributed by atoms with E-state index in [1.54, 1.807) is 43.3 Å². The number of hydrogen-bond acceptors (Lipinski definition) is 4. The fourth-order valence-electron chi connectivity index (χ4n) is 2.65. The number of rotatable bonds is 8. The normalized spacial score (nSPS) is 11.5. The molecule has 2 aromatic carbocycles. The summed E-state index contributed by atoms with van der Waals surface area (Å²) in [7, 11) is 1.47. The van der Waals surface area contributed by atoms with Crippen LogP contribution in [0.3, 0.4) is 0 Å². The summed E-state index contributed by atoms with van der Waals surface area (Å²) >= 11 is 0. The molecule has 0 aliphatic heterocycles. The minimum absolute atomic E-state index is 0. The first-order chi connectivity index (χ1) is 14.2. The first-order valence-electron chi connectivity index (χ1n) is 9.39. The zero-order chi connectivity index (χ0) is 22.1. The number of alkyl halides is 3. The van der Waals surface area contributed by atoms with Gasteiger partial charge in [0.25, 0.3) is 0 Å². The molecule has 0 bridgehead atoms. The lowest BCUT2D eigenvalue weighted by Gasteiger charge is -2.15. The Morgan fingerprint density at radius 2 is 1.84 bits per heavy atom. The smallest absolute Gasteiger partial charge is 0.422 e. The quantitative estimate of drug-likeness (QED) is 0.255. The standard InChI is InChI=1S/C21H26F3N3O3.HI/c1-4-25-20(27-12-16-6-5-7-17(29-3)19(16)28)26-11-15-9-8-14(2)10-18(15)30-13-21(22,23)24;/h5-10,28H,4,11-13H2,1-3H3,(H2,25,26,27);1H. The maximum atomic E-state index is 12.5. The van der Waals surface area contributed by atoms with Crippen LogP contribution in [0.15, 0.2) is 41.4 Å². The van der Waals surface area contributed by atoms with Crippen molar-refractivity contribution in [2.75, 3.05) is 20.3 Å². The molecule has 172 valence electrons. The summed E-state index contributed by atoms with van der Waals surface area (Å²) in [6.45, 7) is 3.29. The number of aliphatic imine (C=N–C) groups is 1. The van der Waals surface area contributed by atoms with E-state index in [1.165, 1.54) is 7.11 Å². The maximum Gasteiger partial charge on any atom is 0.422 e. The van der Waals surface area contributed by atoms with Crippen molar-refractivity contribution in [1.82, 2.24) is 10.6 Å². The molecule has 2 aromatic rings. The number of aromatic hydroxyl groups is 1. The second kappa shape index (κ2) is 12.5. The third-order valence-corrected chi connectivity index (χ3v) is 4.11. The second-order valence-corrected chi connectivity index (χ2v) is 6.53. The van der Waals surface area contributed by atoms with Crippen LogP contribution in [0.4, 0.5) is 13.2 Å². The Morgan fingerprint density at radius 3 is 2.48 bits per heavy atom. The van der Waals surface area contributed by atoms with Crippen molar-refractivity contribution in [1.29, 1.82) is 0 Å². The molecule has 0 saturated carbocycles. The van der Waals surface area contributed by atoms with Gasteiger partial charge in [0, 0.05) is 24.2 Å². The van der Waals surface area contributed by atoms with Crippen molar-refractivity contribution in [2.24, 2.45) is 4.99 Å². The highest BCUT2D eigenvalue weighted by atomic mass is 127. The lowest BCUT2D eigenvalue weighted by molar-refractivity contribution is -0.153. The van der Waals surface area contributed by atoms with E-state index in [1.807, 2.05) is 6.92 Å². The van der Waals surface area contributed by atoms with Crippen LogP contribution < -0.4 is 20.1 Å². The van der Waals surface area contributed by atoms with Gasteiger partial charge in [-0.15, -0.1) is 24.0 Å². The number of nitrogens with zero attached hydrogens (tertiary/aromatic N) is 1. The van der Waals surface area contributed by atoms with Gasteiger partial charge >= 0.3 is 6.18 Å². The molecular formula is C21H27F3IN3O3. The lowest BCUT2D eigenvalue weighted by Crippen LogP contribution is -2.36. The Balaban J connectivity index is 0.00000480. The van der Waals surface area contributed by atoms with Gasteiger partial charge in [-0.05, 0) is 31.5 Å². The topological polar surface area (TPSA) is 75.1 Å². The van der Waals surface area contributed by atoms with Gasteiger partial charge in [-0.1, -0.05) is 24.3 Å². The molecule has 10 heteroatoms. The molecule has 2 rings (SSSR count). The van der Waals surface area contributed by atoms with Gasteiger partial charge in [-0.2, -0.15) is 13.2 Å². The van der Waals surface area contributed by atoms with Gasteiger partial charge < -0.3 is 25.2 Å². The molecule has 0 saturated heterocycles. The molecule has 0 spiro atoms. The van der Waals surface area contributed by atoms with Gasteiger partial charge in [-0.3, -0.25) is 0 Å². The highest BCUT2D eigenvalue weighted by Crippen LogP contribution is 2.29. The summed E-state index contributed by atoms with van der Waals surface area (Å²) in [6.07, 6.45) is -4.42. The lowest BCUT2D eigenvalue weighted by atomic mass is 10.1. The van der Waals surface area contributed by atoms with Gasteiger partial charge in [0.1, 0.15) is 5.75 Å². The third kappa shape index (κ3) is 8.72. The molecule has 0 aliphatic rings. The molecule has 0 atom stereocenters. The zero-order valence-corrected chi connectivity index (χ0v) is 19.9. The van der Waals surface area contributed by atoms with E-state index in [4.69, 9.17) is 9.47 Å². The number of phenolic OH excluding ortho intramolecular Hbond substituents is 1. The fraction of sp³-hybridized carbons (Fsp3) is 0.381. The SMILES string of the molecule is CCNC(=NCc1ccc(C)cc1OCC(F)(F)F)NCc1cccc(OC)c1O.I. The number of ether oxygens (including phenoxy) is 2. The number of phenols is 1. The highest BCUT2D eigenvalue weighted by Gasteiger charge is 2.28. The van der Waals surface area contributed by atoms with Crippen LogP contribution in [-0.4, -0.2) is 37.5 Å². The van der Waals surface area contributed by atoms with E-state index in [0.29, 0.717) is 29.4 Å². The van der Waals surface area contributed by atoms with Crippen molar-refractivity contribution in [2.45, 2.75) is 33.1 Å². The van der Waals surface area contributed by atoms with Crippen molar-refractivity contribution in [3.8, 4) is 17.2 Å². The average Bonchev–Trinajstić information content (AvgIpc) is 2.69. The van der Waals surface area contributed by atoms with E-state index in [-0.39, 0.29) is 48.6 Å². The third-order valence-electron chi connectivity index (χ3n) is 4.11. The van der Waals surface area contributed by atoms with Crippen LogP contribution in [0.5, 0.6) is 17.2 Å². The first-order valence-corrected chi connectivity index (χ1v) is 9.39. The van der Waals surface area contributed by atoms with Crippen molar-refractivity contribution >= 4 is 29.9 Å². The van der Waals surface area contributed by atoms with E-state index in [9.17, 15) is 18.3 Å². The minimum Gasteiger partial charge on any atom is -0.504 e. The van der Waals surface area contributed by atoms with Crippen molar-refractivity contribution in [3.63, 3.8) is 0 Å². The van der Waals surface area contributed by atoms with Gasteiger partial charge in [-0.25, -0.2) is 4.99 Å². The number of para-hydroxylation sites is 1. The summed E-state index contributed by atoms with van der Waals surface area (Å²) in [5.41, 5.74) is 1.94. The number of hydrogen-bond donors (Lipinski definition) is 3. The summed E-state index contributed by atoms with van der Waals surface area (Å²) in [5, 5.41) is 16.3. The average molecular weight is 553 g/mol. The van der Waals surface area contributed by atoms with Crippen LogP contribution in [0.1, 0.15) is 23.6 Å². The Hall–Kier alpha value is -2.37. The Morgan fingerprint density at radius 1 is 1.10 bits per heavy atom. The summed E-state index contributed by atoms with van der Waals surface area (Å²) in [6, 6.07) is 10.2. The molecule has 0 unspecified atom stereocenters. The second-order valence-electron chi connectivity index (χ2n) is 6.53. The predicted octanol–water partition coefficient (Wildman–Crippen LogP) is 4.52. The first kappa shape index (κ1) is 26.7. The molecule has 3 N–H and O–H groups in total. The van der Waals surface area contributed by atoms with Crippen LogP contribution >= 0.6 is 24.0 Å². The minimum atomic E-state index is -4.42. The number of nitrogens with one attached hydrogen (secondary N) is 2. The molecule has 0 amide bonds. The number of aryl methyl sites for hydroxylation is 1. The van der Waals surface area contributed by atoms with Crippen LogP contribution in [-0.2, 0) is 13.1 Å². The van der Waals surface area contributed by atoms with Crippen LogP contribution in [0.25, 0.3) is 0 Å². The molecule has 31 heavy (non-hydrogen) atoms. The van der Waals surface area contributed by atoms with E-state index in [0.717, 1.165) is 5.56 Å². The number of guanidine groups is 1. The number of benzene rings is 2. The van der Waals surface area contributed by atoms with Crippen LogP contribution in [0, 0.1) is 6.92 Å². The summed E-state index contributed by atoms with van der Waals surface area (Å²) in [5.74, 6) is 0.992. The highest BCUT2D eigenvalue weighted by molar-refractivity contribution is 14.0. The van der Waals surface area contributed by atoms with Gasteiger partial charge in [0.05, 0.1) is 13.7 Å². The summed E-state index contributed by atoms with van der Waals surface area (Å²) < 4.78 is 47.7. The number of halogens is 4. The molecule has 0 heterocycles. The van der Waals surface area contributed by atoms with Crippen LogP contribution in [0.2, 0.25) is 0 Å². The monoisotopic (exact) mass is 553 g/mol. The Labute approximate surface area is 196 Å². The predicted molar refractivity (Wildman–Crippen MR) is 124 cm³/mol. The Bertz CT molecular complexity index is 877. The molecular weight excluding hydrogens is 526 g/mol. The van der Waals surface area contributed by atoms with E-state index in [2.05, 4.69) is 15.6 Å². The molecule has 0 fully saturated rings. The Kier molecular flexibility index (Phi) is 10.7. The van der Waals surface area contributed by atoms with Crippen molar-refractivity contribution in [3.05, 3.63) is 53.1 Å². The molecule has 6 nitrogen and oxygen atoms in total. The van der Waals surface area contributed by atoms with Gasteiger partial charge in [0.15, 0.2) is 24.1 Å². The molecule has 0 aliphatic carbocycles. The molecule has 0 radical (unpaired) electrons. The maximum absolute atomic E-state index is 12.5. The van der Waals surface area contributed by atoms with E-state index >= 15 is 0 Å². The largest absolute Gasteiger partial charge is 0.504 e. The van der Waals surface area contributed by atoms with Crippen molar-refractivity contribution < 1.29 is 27.8 Å². The van der Waals surface area contributed by atoms with E-state index < -0.39 is 12.8 Å². The summed E-state index contributed by atoms with van der Waals surface area (Å²) in [4.78, 5) is 4.43. The molecule has 0 aromatic heterocycles.